The van der Waals surface area contributed by atoms with E-state index in [-0.39, 0.29) is 11.5 Å². The maximum Gasteiger partial charge on any atom is 0.266 e. The Morgan fingerprint density at radius 2 is 1.93 bits per heavy atom. The largest absolute Gasteiger partial charge is 0.397 e. The molecule has 0 aliphatic carbocycles. The molecule has 0 saturated carbocycles. The van der Waals surface area contributed by atoms with E-state index in [4.69, 9.17) is 20.2 Å². The van der Waals surface area contributed by atoms with Crippen molar-refractivity contribution in [1.82, 2.24) is 9.88 Å². The number of amides is 1. The standard InChI is InChI=1S/C21H30N4O3S/c1-5-24(6-2)20(26)17-16(22)15-13-11-21(3,4)28-12-14(13)18(23-19(15)29-17)25-7-9-27-10-8-25/h5-12,22H2,1-4H3. The lowest BCUT2D eigenvalue weighted by atomic mass is 9.89. The number of carbonyl (C=O) groups excluding carboxylic acids is 1. The molecule has 2 aromatic rings. The van der Waals surface area contributed by atoms with Crippen LogP contribution in [0.1, 0.15) is 48.5 Å². The molecule has 0 bridgehead atoms. The zero-order valence-corrected chi connectivity index (χ0v) is 18.5. The molecule has 0 unspecified atom stereocenters. The highest BCUT2D eigenvalue weighted by Crippen LogP contribution is 2.43. The number of thiophene rings is 1. The molecule has 2 aromatic heterocycles. The quantitative estimate of drug-likeness (QED) is 0.822. The van der Waals surface area contributed by atoms with E-state index < -0.39 is 0 Å². The first-order valence-corrected chi connectivity index (χ1v) is 11.2. The predicted octanol–water partition coefficient (Wildman–Crippen LogP) is 3.05. The topological polar surface area (TPSA) is 80.9 Å². The molecular weight excluding hydrogens is 388 g/mol. The number of hydrogen-bond acceptors (Lipinski definition) is 7. The number of anilines is 2. The third kappa shape index (κ3) is 3.58. The minimum Gasteiger partial charge on any atom is -0.397 e. The molecule has 2 aliphatic rings. The lowest BCUT2D eigenvalue weighted by molar-refractivity contribution is -0.0396. The van der Waals surface area contributed by atoms with Crippen LogP contribution in [-0.4, -0.2) is 60.8 Å². The van der Waals surface area contributed by atoms with Gasteiger partial charge in [0.05, 0.1) is 31.1 Å². The second-order valence-electron chi connectivity index (χ2n) is 8.22. The minimum absolute atomic E-state index is 0.0107. The Morgan fingerprint density at radius 3 is 2.59 bits per heavy atom. The van der Waals surface area contributed by atoms with Crippen LogP contribution in [0.25, 0.3) is 10.2 Å². The van der Waals surface area contributed by atoms with Gasteiger partial charge in [0.2, 0.25) is 0 Å². The van der Waals surface area contributed by atoms with Crippen molar-refractivity contribution in [1.29, 1.82) is 0 Å². The van der Waals surface area contributed by atoms with Crippen molar-refractivity contribution in [3.63, 3.8) is 0 Å². The Balaban J connectivity index is 1.90. The zero-order valence-electron chi connectivity index (χ0n) is 17.7. The molecule has 0 atom stereocenters. The third-order valence-electron chi connectivity index (χ3n) is 5.84. The number of carbonyl (C=O) groups is 1. The van der Waals surface area contributed by atoms with Crippen molar-refractivity contribution in [3.8, 4) is 0 Å². The van der Waals surface area contributed by atoms with Gasteiger partial charge >= 0.3 is 0 Å². The summed E-state index contributed by atoms with van der Waals surface area (Å²) in [7, 11) is 0. The van der Waals surface area contributed by atoms with Crippen molar-refractivity contribution >= 4 is 39.0 Å². The number of pyridine rings is 1. The normalized spacial score (nSPS) is 18.7. The summed E-state index contributed by atoms with van der Waals surface area (Å²) < 4.78 is 11.7. The van der Waals surface area contributed by atoms with E-state index in [0.717, 1.165) is 41.1 Å². The summed E-state index contributed by atoms with van der Waals surface area (Å²) in [5, 5.41) is 0.939. The number of nitrogens with two attached hydrogens (primary N) is 1. The SMILES string of the molecule is CCN(CC)C(=O)c1sc2nc(N3CCOCC3)c3c(c2c1N)CC(C)(C)OC3. The van der Waals surface area contributed by atoms with Crippen molar-refractivity contribution in [3.05, 3.63) is 16.0 Å². The summed E-state index contributed by atoms with van der Waals surface area (Å²) in [6, 6.07) is 0. The van der Waals surface area contributed by atoms with E-state index in [1.54, 1.807) is 0 Å². The van der Waals surface area contributed by atoms with Crippen LogP contribution in [0.5, 0.6) is 0 Å². The number of fused-ring (bicyclic) bond motifs is 3. The molecule has 0 radical (unpaired) electrons. The van der Waals surface area contributed by atoms with Gasteiger partial charge in [0.25, 0.3) is 5.91 Å². The Bertz CT molecular complexity index is 930. The number of morpholine rings is 1. The smallest absolute Gasteiger partial charge is 0.266 e. The monoisotopic (exact) mass is 418 g/mol. The Hall–Kier alpha value is -1.90. The van der Waals surface area contributed by atoms with Crippen LogP contribution in [0.2, 0.25) is 0 Å². The highest BCUT2D eigenvalue weighted by Gasteiger charge is 2.34. The third-order valence-corrected chi connectivity index (χ3v) is 6.92. The Morgan fingerprint density at radius 1 is 1.24 bits per heavy atom. The number of rotatable bonds is 4. The molecule has 8 heteroatoms. The molecular formula is C21H30N4O3S. The van der Waals surface area contributed by atoms with Gasteiger partial charge in [0, 0.05) is 43.5 Å². The number of nitrogens with zero attached hydrogens (tertiary/aromatic N) is 3. The molecule has 4 rings (SSSR count). The van der Waals surface area contributed by atoms with Crippen LogP contribution < -0.4 is 10.6 Å². The van der Waals surface area contributed by atoms with Gasteiger partial charge in [0.1, 0.15) is 15.5 Å². The van der Waals surface area contributed by atoms with Crippen LogP contribution >= 0.6 is 11.3 Å². The number of ether oxygens (including phenoxy) is 2. The highest BCUT2D eigenvalue weighted by atomic mass is 32.1. The summed E-state index contributed by atoms with van der Waals surface area (Å²) in [6.07, 6.45) is 0.749. The van der Waals surface area contributed by atoms with Gasteiger partial charge in [-0.05, 0) is 33.3 Å². The summed E-state index contributed by atoms with van der Waals surface area (Å²) in [5.41, 5.74) is 9.15. The van der Waals surface area contributed by atoms with Gasteiger partial charge in [-0.1, -0.05) is 0 Å². The molecule has 1 saturated heterocycles. The molecule has 0 aromatic carbocycles. The second kappa shape index (κ2) is 7.74. The fraction of sp³-hybridized carbons (Fsp3) is 0.619. The van der Waals surface area contributed by atoms with Gasteiger partial charge in [-0.3, -0.25) is 4.79 Å². The molecule has 4 heterocycles. The molecule has 1 fully saturated rings. The molecule has 158 valence electrons. The lowest BCUT2D eigenvalue weighted by Crippen LogP contribution is -2.39. The lowest BCUT2D eigenvalue weighted by Gasteiger charge is -2.36. The van der Waals surface area contributed by atoms with Crippen molar-refractivity contribution < 1.29 is 14.3 Å². The number of aromatic nitrogens is 1. The van der Waals surface area contributed by atoms with Gasteiger partial charge in [-0.2, -0.15) is 0 Å². The van der Waals surface area contributed by atoms with Crippen molar-refractivity contribution in [2.24, 2.45) is 0 Å². The maximum absolute atomic E-state index is 13.1. The summed E-state index contributed by atoms with van der Waals surface area (Å²) in [5.74, 6) is 0.942. The summed E-state index contributed by atoms with van der Waals surface area (Å²) in [6.45, 7) is 13.0. The summed E-state index contributed by atoms with van der Waals surface area (Å²) in [4.78, 5) is 23.6. The first-order chi connectivity index (χ1) is 13.9. The molecule has 29 heavy (non-hydrogen) atoms. The summed E-state index contributed by atoms with van der Waals surface area (Å²) >= 11 is 1.42. The molecule has 2 N–H and O–H groups in total. The average Bonchev–Trinajstić information content (AvgIpc) is 3.04. The van der Waals surface area contributed by atoms with Crippen LogP contribution in [0.15, 0.2) is 0 Å². The second-order valence-corrected chi connectivity index (χ2v) is 9.22. The molecule has 7 nitrogen and oxygen atoms in total. The van der Waals surface area contributed by atoms with E-state index in [1.807, 2.05) is 18.7 Å². The van der Waals surface area contributed by atoms with Gasteiger partial charge in [-0.25, -0.2) is 4.98 Å². The molecule has 2 aliphatic heterocycles. The predicted molar refractivity (Wildman–Crippen MR) is 117 cm³/mol. The molecule has 1 amide bonds. The van der Waals surface area contributed by atoms with E-state index in [9.17, 15) is 4.79 Å². The van der Waals surface area contributed by atoms with Crippen LogP contribution in [0, 0.1) is 0 Å². The first-order valence-electron chi connectivity index (χ1n) is 10.4. The van der Waals surface area contributed by atoms with Crippen LogP contribution in [0.3, 0.4) is 0 Å². The van der Waals surface area contributed by atoms with E-state index >= 15 is 0 Å². The Labute approximate surface area is 175 Å². The van der Waals surface area contributed by atoms with Crippen molar-refractivity contribution in [2.75, 3.05) is 50.0 Å². The van der Waals surface area contributed by atoms with Gasteiger partial charge < -0.3 is 25.0 Å². The van der Waals surface area contributed by atoms with E-state index in [1.165, 1.54) is 16.9 Å². The minimum atomic E-state index is -0.277. The Kier molecular flexibility index (Phi) is 5.44. The fourth-order valence-corrected chi connectivity index (χ4v) is 5.28. The zero-order chi connectivity index (χ0) is 20.8. The van der Waals surface area contributed by atoms with E-state index in [0.29, 0.717) is 43.5 Å². The fourth-order valence-electron chi connectivity index (χ4n) is 4.19. The first kappa shape index (κ1) is 20.4. The van der Waals surface area contributed by atoms with Gasteiger partial charge in [-0.15, -0.1) is 11.3 Å². The number of nitrogen functional groups attached to an aromatic ring is 1. The number of hydrogen-bond donors (Lipinski definition) is 1. The van der Waals surface area contributed by atoms with E-state index in [2.05, 4.69) is 18.7 Å². The van der Waals surface area contributed by atoms with Crippen LogP contribution in [0.4, 0.5) is 11.5 Å². The molecule has 0 spiro atoms. The van der Waals surface area contributed by atoms with Gasteiger partial charge in [0.15, 0.2) is 0 Å². The average molecular weight is 419 g/mol. The highest BCUT2D eigenvalue weighted by molar-refractivity contribution is 7.21. The van der Waals surface area contributed by atoms with Crippen molar-refractivity contribution in [2.45, 2.75) is 46.3 Å². The van der Waals surface area contributed by atoms with Crippen LogP contribution in [-0.2, 0) is 22.5 Å². The maximum atomic E-state index is 13.1.